The molecule has 2 aromatic rings. The number of hydrogen-bond acceptors (Lipinski definition) is 5. The summed E-state index contributed by atoms with van der Waals surface area (Å²) in [6.07, 6.45) is 9.66. The van der Waals surface area contributed by atoms with E-state index in [0.717, 1.165) is 66.9 Å². The minimum Gasteiger partial charge on any atom is -0.354 e. The van der Waals surface area contributed by atoms with Gasteiger partial charge in [0.25, 0.3) is 0 Å². The first-order valence-electron chi connectivity index (χ1n) is 10.7. The van der Waals surface area contributed by atoms with E-state index in [1.165, 1.54) is 32.1 Å². The van der Waals surface area contributed by atoms with Crippen molar-refractivity contribution in [3.8, 4) is 11.3 Å². The van der Waals surface area contributed by atoms with Gasteiger partial charge in [-0.1, -0.05) is 37.2 Å². The Morgan fingerprint density at radius 2 is 1.97 bits per heavy atom. The van der Waals surface area contributed by atoms with Gasteiger partial charge in [0, 0.05) is 48.5 Å². The third-order valence-corrected chi connectivity index (χ3v) is 5.96. The van der Waals surface area contributed by atoms with Gasteiger partial charge in [0.2, 0.25) is 0 Å². The van der Waals surface area contributed by atoms with E-state index in [1.54, 1.807) is 0 Å². The third-order valence-electron chi connectivity index (χ3n) is 5.96. The van der Waals surface area contributed by atoms with Crippen LogP contribution in [-0.4, -0.2) is 36.1 Å². The Kier molecular flexibility index (Phi) is 6.60. The molecule has 7 nitrogen and oxygen atoms in total. The van der Waals surface area contributed by atoms with Crippen LogP contribution < -0.4 is 10.2 Å². The number of piperazine rings is 1. The Hall–Kier alpha value is -2.63. The van der Waals surface area contributed by atoms with Crippen molar-refractivity contribution in [3.05, 3.63) is 52.2 Å². The molecule has 0 unspecified atom stereocenters. The first-order valence-corrected chi connectivity index (χ1v) is 10.7. The van der Waals surface area contributed by atoms with Gasteiger partial charge in [0.15, 0.2) is 0 Å². The maximum absolute atomic E-state index is 8.74. The van der Waals surface area contributed by atoms with Crippen molar-refractivity contribution in [3.63, 3.8) is 0 Å². The summed E-state index contributed by atoms with van der Waals surface area (Å²) in [4.78, 5) is 14.8. The summed E-state index contributed by atoms with van der Waals surface area (Å²) in [5.41, 5.74) is 12.9. The van der Waals surface area contributed by atoms with Crippen LogP contribution in [-0.2, 0) is 13.0 Å². The van der Waals surface area contributed by atoms with E-state index in [9.17, 15) is 0 Å². The highest BCUT2D eigenvalue weighted by molar-refractivity contribution is 5.63. The number of anilines is 1. The number of pyridine rings is 2. The van der Waals surface area contributed by atoms with Crippen molar-refractivity contribution in [1.82, 2.24) is 15.3 Å². The molecule has 29 heavy (non-hydrogen) atoms. The first kappa shape index (κ1) is 19.7. The van der Waals surface area contributed by atoms with E-state index in [4.69, 9.17) is 10.5 Å². The van der Waals surface area contributed by atoms with Crippen LogP contribution in [0.2, 0.25) is 0 Å². The minimum atomic E-state index is 0.338. The van der Waals surface area contributed by atoms with Gasteiger partial charge in [0.05, 0.1) is 12.2 Å². The summed E-state index contributed by atoms with van der Waals surface area (Å²) < 4.78 is 0. The average molecular weight is 392 g/mol. The second-order valence-corrected chi connectivity index (χ2v) is 8.09. The fraction of sp³-hybridized carbons (Fsp3) is 0.545. The number of azide groups is 1. The Bertz CT molecular complexity index is 863. The van der Waals surface area contributed by atoms with Gasteiger partial charge in [-0.2, -0.15) is 0 Å². The van der Waals surface area contributed by atoms with Crippen molar-refractivity contribution in [1.29, 1.82) is 0 Å². The summed E-state index contributed by atoms with van der Waals surface area (Å²) in [6.45, 7) is 4.11. The van der Waals surface area contributed by atoms with E-state index in [-0.39, 0.29) is 0 Å². The fourth-order valence-electron chi connectivity index (χ4n) is 4.42. The Morgan fingerprint density at radius 3 is 2.76 bits per heavy atom. The molecule has 1 saturated heterocycles. The molecule has 1 N–H and O–H groups in total. The molecule has 7 heteroatoms. The van der Waals surface area contributed by atoms with Crippen LogP contribution in [0.25, 0.3) is 21.7 Å². The summed E-state index contributed by atoms with van der Waals surface area (Å²) in [6, 6.07) is 8.31. The predicted molar refractivity (Wildman–Crippen MR) is 116 cm³/mol. The lowest BCUT2D eigenvalue weighted by molar-refractivity contribution is 0.354. The van der Waals surface area contributed by atoms with Crippen molar-refractivity contribution in [2.24, 2.45) is 11.0 Å². The maximum atomic E-state index is 8.74. The van der Waals surface area contributed by atoms with Crippen LogP contribution in [0.1, 0.15) is 43.4 Å². The molecule has 1 aliphatic carbocycles. The maximum Gasteiger partial charge on any atom is 0.129 e. The van der Waals surface area contributed by atoms with Gasteiger partial charge in [-0.3, -0.25) is 4.98 Å². The lowest BCUT2D eigenvalue weighted by Crippen LogP contribution is -2.43. The minimum absolute atomic E-state index is 0.338. The molecule has 0 radical (unpaired) electrons. The third kappa shape index (κ3) is 5.25. The van der Waals surface area contributed by atoms with Crippen LogP contribution in [0.5, 0.6) is 0 Å². The van der Waals surface area contributed by atoms with Crippen LogP contribution in [0.15, 0.2) is 35.6 Å². The largest absolute Gasteiger partial charge is 0.354 e. The lowest BCUT2D eigenvalue weighted by Gasteiger charge is -2.29. The normalized spacial score (nSPS) is 17.7. The van der Waals surface area contributed by atoms with Crippen LogP contribution in [0, 0.1) is 5.92 Å². The molecule has 0 amide bonds. The van der Waals surface area contributed by atoms with E-state index in [0.29, 0.717) is 6.54 Å². The van der Waals surface area contributed by atoms with Gasteiger partial charge in [0.1, 0.15) is 5.82 Å². The summed E-state index contributed by atoms with van der Waals surface area (Å²) in [7, 11) is 0. The summed E-state index contributed by atoms with van der Waals surface area (Å²) >= 11 is 0. The highest BCUT2D eigenvalue weighted by Gasteiger charge is 2.17. The van der Waals surface area contributed by atoms with Gasteiger partial charge in [-0.15, -0.1) is 0 Å². The molecule has 1 aliphatic heterocycles. The zero-order valence-electron chi connectivity index (χ0n) is 16.9. The highest BCUT2D eigenvalue weighted by atomic mass is 15.2. The second kappa shape index (κ2) is 9.72. The second-order valence-electron chi connectivity index (χ2n) is 8.09. The number of nitrogens with zero attached hydrogens (tertiary/aromatic N) is 6. The molecule has 0 atom stereocenters. The SMILES string of the molecule is [N-]=[N+]=NCc1cc(-c2ccnc(CC3CCCCC3)c2)nc(N2CCNCC2)c1. The topological polar surface area (TPSA) is 89.8 Å². The molecule has 3 heterocycles. The quantitative estimate of drug-likeness (QED) is 0.446. The number of hydrogen-bond donors (Lipinski definition) is 1. The Balaban J connectivity index is 1.61. The standard InChI is InChI=1S/C22H29N7/c23-28-26-16-18-13-21(27-22(14-18)29-10-8-24-9-11-29)19-6-7-25-20(15-19)12-17-4-2-1-3-5-17/h6-7,13-15,17,24H,1-5,8-12,16H2. The smallest absolute Gasteiger partial charge is 0.129 e. The number of aromatic nitrogens is 2. The van der Waals surface area contributed by atoms with Gasteiger partial charge in [-0.25, -0.2) is 4.98 Å². The Labute approximate surface area is 172 Å². The monoisotopic (exact) mass is 391 g/mol. The van der Waals surface area contributed by atoms with E-state index < -0.39 is 0 Å². The highest BCUT2D eigenvalue weighted by Crippen LogP contribution is 2.28. The Morgan fingerprint density at radius 1 is 1.14 bits per heavy atom. The zero-order valence-corrected chi connectivity index (χ0v) is 16.9. The molecule has 2 fully saturated rings. The van der Waals surface area contributed by atoms with Crippen molar-refractivity contribution in [2.75, 3.05) is 31.1 Å². The molecule has 4 rings (SSSR count). The number of nitrogens with one attached hydrogen (secondary N) is 1. The molecular weight excluding hydrogens is 362 g/mol. The fourth-order valence-corrected chi connectivity index (χ4v) is 4.42. The lowest BCUT2D eigenvalue weighted by atomic mass is 9.86. The summed E-state index contributed by atoms with van der Waals surface area (Å²) in [5.74, 6) is 1.71. The van der Waals surface area contributed by atoms with Crippen molar-refractivity contribution in [2.45, 2.75) is 45.1 Å². The molecular formula is C22H29N7. The van der Waals surface area contributed by atoms with Crippen molar-refractivity contribution < 1.29 is 0 Å². The molecule has 1 saturated carbocycles. The summed E-state index contributed by atoms with van der Waals surface area (Å²) in [5, 5.41) is 7.15. The molecule has 0 spiro atoms. The van der Waals surface area contributed by atoms with Crippen LogP contribution in [0.3, 0.4) is 0 Å². The average Bonchev–Trinajstić information content (AvgIpc) is 2.79. The van der Waals surface area contributed by atoms with Gasteiger partial charge < -0.3 is 10.2 Å². The van der Waals surface area contributed by atoms with E-state index in [2.05, 4.69) is 31.3 Å². The molecule has 2 aliphatic rings. The molecule has 2 aromatic heterocycles. The van der Waals surface area contributed by atoms with E-state index in [1.807, 2.05) is 24.4 Å². The number of rotatable bonds is 6. The first-order chi connectivity index (χ1) is 14.3. The van der Waals surface area contributed by atoms with Crippen molar-refractivity contribution >= 4 is 5.82 Å². The zero-order chi connectivity index (χ0) is 19.9. The van der Waals surface area contributed by atoms with Gasteiger partial charge >= 0.3 is 0 Å². The predicted octanol–water partition coefficient (Wildman–Crippen LogP) is 4.49. The van der Waals surface area contributed by atoms with Crippen LogP contribution >= 0.6 is 0 Å². The molecule has 0 bridgehead atoms. The van der Waals surface area contributed by atoms with E-state index >= 15 is 0 Å². The molecule has 152 valence electrons. The van der Waals surface area contributed by atoms with Gasteiger partial charge in [-0.05, 0) is 47.7 Å². The molecule has 0 aromatic carbocycles. The van der Waals surface area contributed by atoms with Crippen LogP contribution in [0.4, 0.5) is 5.82 Å².